The van der Waals surface area contributed by atoms with Crippen molar-refractivity contribution in [2.24, 2.45) is 0 Å². The van der Waals surface area contributed by atoms with Crippen LogP contribution in [0.3, 0.4) is 0 Å². The Morgan fingerprint density at radius 1 is 1.09 bits per heavy atom. The van der Waals surface area contributed by atoms with Gasteiger partial charge in [0.1, 0.15) is 0 Å². The average molecular weight is 527 g/mol. The van der Waals surface area contributed by atoms with Crippen molar-refractivity contribution in [2.45, 2.75) is 18.8 Å². The van der Waals surface area contributed by atoms with Gasteiger partial charge in [0.2, 0.25) is 0 Å². The summed E-state index contributed by atoms with van der Waals surface area (Å²) in [6, 6.07) is 6.72. The molecule has 6 nitrogen and oxygen atoms in total. The molecule has 0 saturated heterocycles. The highest BCUT2D eigenvalue weighted by Crippen LogP contribution is 2.37. The second kappa shape index (κ2) is 8.93. The lowest BCUT2D eigenvalue weighted by molar-refractivity contribution is -0.203. The van der Waals surface area contributed by atoms with E-state index in [1.54, 1.807) is 24.4 Å². The fraction of sp³-hybridized carbons (Fsp3) is 0.211. The number of carbonyl (C=O) groups excluding carboxylic acids is 2. The van der Waals surface area contributed by atoms with E-state index in [1.807, 2.05) is 5.32 Å². The van der Waals surface area contributed by atoms with Gasteiger partial charge >= 0.3 is 17.8 Å². The van der Waals surface area contributed by atoms with Gasteiger partial charge in [-0.3, -0.25) is 4.79 Å². The molecule has 3 rings (SSSR count). The van der Waals surface area contributed by atoms with E-state index in [-0.39, 0.29) is 20.7 Å². The standard InChI is InChI=1S/C19H13Cl3F3N3O3S/c1-8-11(21)5-6-13-14(8)26-17(32-13)28-18(16(30)31-2,19(23,24)25)27-15(29)10-4-3-9(20)7-12(10)22/h3-7H,1-2H3,(H,26,28)(H,27,29). The Kier molecular flexibility index (Phi) is 6.80. The van der Waals surface area contributed by atoms with Crippen LogP contribution in [0, 0.1) is 6.92 Å². The summed E-state index contributed by atoms with van der Waals surface area (Å²) in [5.41, 5.74) is -3.10. The zero-order valence-corrected chi connectivity index (χ0v) is 19.3. The summed E-state index contributed by atoms with van der Waals surface area (Å²) >= 11 is 18.6. The number of thiazole rings is 1. The van der Waals surface area contributed by atoms with E-state index >= 15 is 0 Å². The summed E-state index contributed by atoms with van der Waals surface area (Å²) in [5, 5.41) is 3.73. The molecule has 1 amide bonds. The van der Waals surface area contributed by atoms with Gasteiger partial charge in [-0.1, -0.05) is 46.1 Å². The lowest BCUT2D eigenvalue weighted by Gasteiger charge is -2.34. The number of benzene rings is 2. The van der Waals surface area contributed by atoms with Crippen molar-refractivity contribution in [3.63, 3.8) is 0 Å². The average Bonchev–Trinajstić information content (AvgIpc) is 3.12. The fourth-order valence-corrected chi connectivity index (χ4v) is 4.40. The van der Waals surface area contributed by atoms with Crippen LogP contribution in [0.2, 0.25) is 15.1 Å². The van der Waals surface area contributed by atoms with Crippen LogP contribution >= 0.6 is 46.1 Å². The maximum atomic E-state index is 14.3. The van der Waals surface area contributed by atoms with E-state index in [9.17, 15) is 22.8 Å². The van der Waals surface area contributed by atoms with Crippen molar-refractivity contribution in [3.05, 3.63) is 56.5 Å². The summed E-state index contributed by atoms with van der Waals surface area (Å²) in [6.45, 7) is 1.65. The Morgan fingerprint density at radius 2 is 1.78 bits per heavy atom. The fourth-order valence-electron chi connectivity index (χ4n) is 2.77. The van der Waals surface area contributed by atoms with Crippen LogP contribution in [0.1, 0.15) is 15.9 Å². The van der Waals surface area contributed by atoms with E-state index in [0.29, 0.717) is 20.8 Å². The molecule has 0 spiro atoms. The minimum Gasteiger partial charge on any atom is -0.466 e. The van der Waals surface area contributed by atoms with Crippen molar-refractivity contribution in [1.29, 1.82) is 0 Å². The number of alkyl halides is 3. The van der Waals surface area contributed by atoms with Gasteiger partial charge in [0.15, 0.2) is 5.13 Å². The summed E-state index contributed by atoms with van der Waals surface area (Å²) in [6.07, 6.45) is -5.33. The largest absolute Gasteiger partial charge is 0.466 e. The van der Waals surface area contributed by atoms with Crippen molar-refractivity contribution in [1.82, 2.24) is 10.3 Å². The third kappa shape index (κ3) is 4.45. The summed E-state index contributed by atoms with van der Waals surface area (Å²) in [4.78, 5) is 29.2. The summed E-state index contributed by atoms with van der Waals surface area (Å²) in [5.74, 6) is -3.10. The molecule has 0 aliphatic heterocycles. The molecule has 1 aromatic heterocycles. The Labute approximate surface area is 198 Å². The molecule has 1 unspecified atom stereocenters. The number of aryl methyl sites for hydroxylation is 1. The number of amides is 1. The molecule has 170 valence electrons. The second-order valence-corrected chi connectivity index (χ2v) is 8.76. The van der Waals surface area contributed by atoms with Gasteiger partial charge in [0, 0.05) is 10.0 Å². The topological polar surface area (TPSA) is 80.3 Å². The molecule has 1 heterocycles. The number of aromatic nitrogens is 1. The molecule has 1 atom stereocenters. The van der Waals surface area contributed by atoms with E-state index in [1.165, 1.54) is 12.1 Å². The predicted molar refractivity (Wildman–Crippen MR) is 118 cm³/mol. The molecule has 0 bridgehead atoms. The van der Waals surface area contributed by atoms with Crippen molar-refractivity contribution < 1.29 is 27.5 Å². The highest BCUT2D eigenvalue weighted by Gasteiger charge is 2.64. The molecule has 2 N–H and O–H groups in total. The Morgan fingerprint density at radius 3 is 2.38 bits per heavy atom. The van der Waals surface area contributed by atoms with E-state index in [4.69, 9.17) is 34.8 Å². The number of fused-ring (bicyclic) bond motifs is 1. The first kappa shape index (κ1) is 24.4. The number of rotatable bonds is 5. The van der Waals surface area contributed by atoms with Gasteiger partial charge < -0.3 is 15.4 Å². The van der Waals surface area contributed by atoms with Crippen LogP contribution < -0.4 is 10.6 Å². The third-order valence-electron chi connectivity index (χ3n) is 4.44. The van der Waals surface area contributed by atoms with Gasteiger partial charge in [-0.2, -0.15) is 13.2 Å². The molecule has 0 saturated carbocycles. The van der Waals surface area contributed by atoms with Gasteiger partial charge in [-0.05, 0) is 42.8 Å². The Balaban J connectivity index is 2.10. The minimum atomic E-state index is -5.33. The number of halogens is 6. The molecule has 2 aromatic carbocycles. The third-order valence-corrected chi connectivity index (χ3v) is 6.33. The first-order valence-corrected chi connectivity index (χ1v) is 10.6. The van der Waals surface area contributed by atoms with Gasteiger partial charge in [0.25, 0.3) is 5.91 Å². The number of anilines is 1. The Hall–Kier alpha value is -2.27. The zero-order valence-electron chi connectivity index (χ0n) is 16.2. The monoisotopic (exact) mass is 525 g/mol. The van der Waals surface area contributed by atoms with E-state index in [0.717, 1.165) is 24.5 Å². The van der Waals surface area contributed by atoms with Gasteiger partial charge in [-0.15, -0.1) is 0 Å². The number of ether oxygens (including phenoxy) is 1. The number of esters is 1. The van der Waals surface area contributed by atoms with Crippen LogP contribution in [-0.4, -0.2) is 35.8 Å². The number of nitrogens with zero attached hydrogens (tertiary/aromatic N) is 1. The lowest BCUT2D eigenvalue weighted by Crippen LogP contribution is -2.69. The van der Waals surface area contributed by atoms with Crippen LogP contribution in [0.25, 0.3) is 10.2 Å². The molecule has 3 aromatic rings. The Bertz CT molecular complexity index is 1220. The normalized spacial score (nSPS) is 13.5. The molecule has 13 heteroatoms. The molecule has 0 radical (unpaired) electrons. The number of hydrogen-bond acceptors (Lipinski definition) is 6. The molecule has 32 heavy (non-hydrogen) atoms. The maximum absolute atomic E-state index is 14.3. The lowest BCUT2D eigenvalue weighted by atomic mass is 10.1. The van der Waals surface area contributed by atoms with Gasteiger partial charge in [-0.25, -0.2) is 9.78 Å². The van der Waals surface area contributed by atoms with Crippen LogP contribution in [0.5, 0.6) is 0 Å². The van der Waals surface area contributed by atoms with Crippen molar-refractivity contribution in [3.8, 4) is 0 Å². The van der Waals surface area contributed by atoms with Crippen molar-refractivity contribution >= 4 is 73.4 Å². The second-order valence-electron chi connectivity index (χ2n) is 6.48. The number of carbonyl (C=O) groups is 2. The summed E-state index contributed by atoms with van der Waals surface area (Å²) in [7, 11) is 0.758. The SMILES string of the molecule is COC(=O)C(NC(=O)c1ccc(Cl)cc1Cl)(Nc1nc2c(C)c(Cl)ccc2s1)C(F)(F)F. The highest BCUT2D eigenvalue weighted by molar-refractivity contribution is 7.22. The molecular weight excluding hydrogens is 514 g/mol. The quantitative estimate of drug-likeness (QED) is 0.323. The molecule has 0 aliphatic rings. The number of nitrogens with one attached hydrogen (secondary N) is 2. The zero-order chi connectivity index (χ0) is 23.8. The van der Waals surface area contributed by atoms with E-state index < -0.39 is 23.7 Å². The first-order valence-electron chi connectivity index (χ1n) is 8.66. The molecular formula is C19H13Cl3F3N3O3S. The van der Waals surface area contributed by atoms with E-state index in [2.05, 4.69) is 9.72 Å². The van der Waals surface area contributed by atoms with Crippen LogP contribution in [0.15, 0.2) is 30.3 Å². The van der Waals surface area contributed by atoms with Gasteiger partial charge in [0.05, 0.1) is 27.9 Å². The number of hydrogen-bond donors (Lipinski definition) is 2. The van der Waals surface area contributed by atoms with Crippen LogP contribution in [-0.2, 0) is 9.53 Å². The van der Waals surface area contributed by atoms with Crippen LogP contribution in [0.4, 0.5) is 18.3 Å². The molecule has 0 fully saturated rings. The summed E-state index contributed by atoms with van der Waals surface area (Å²) < 4.78 is 47.7. The smallest absolute Gasteiger partial charge is 0.442 e. The number of methoxy groups -OCH3 is 1. The predicted octanol–water partition coefficient (Wildman–Crippen LogP) is 5.84. The highest BCUT2D eigenvalue weighted by atomic mass is 35.5. The molecule has 0 aliphatic carbocycles. The van der Waals surface area contributed by atoms with Crippen molar-refractivity contribution in [2.75, 3.05) is 12.4 Å². The maximum Gasteiger partial charge on any atom is 0.442 e. The first-order chi connectivity index (χ1) is 14.9. The minimum absolute atomic E-state index is 0.170.